The van der Waals surface area contributed by atoms with Crippen LogP contribution in [0.15, 0.2) is 30.3 Å². The van der Waals surface area contributed by atoms with E-state index in [-0.39, 0.29) is 12.5 Å². The zero-order valence-electron chi connectivity index (χ0n) is 14.7. The van der Waals surface area contributed by atoms with Gasteiger partial charge in [0.1, 0.15) is 5.69 Å². The number of nitrogens with two attached hydrogens (primary N) is 1. The Balaban J connectivity index is 2.01. The number of hydrogen-bond donors (Lipinski definition) is 1. The molecule has 0 aliphatic heterocycles. The molecule has 0 unspecified atom stereocenters. The maximum absolute atomic E-state index is 12.6. The first-order chi connectivity index (χ1) is 11.5. The normalized spacial score (nSPS) is 10.7. The summed E-state index contributed by atoms with van der Waals surface area (Å²) in [5.74, 6) is 0.638. The molecule has 0 saturated carbocycles. The summed E-state index contributed by atoms with van der Waals surface area (Å²) < 4.78 is 7.50. The molecule has 0 aliphatic rings. The van der Waals surface area contributed by atoms with Crippen LogP contribution in [0.3, 0.4) is 0 Å². The molecular weight excluding hydrogens is 304 g/mol. The van der Waals surface area contributed by atoms with E-state index >= 15 is 0 Å². The summed E-state index contributed by atoms with van der Waals surface area (Å²) >= 11 is 0. The van der Waals surface area contributed by atoms with Crippen LogP contribution < -0.4 is 10.5 Å². The fraction of sp³-hybridized carbons (Fsp3) is 0.444. The predicted octanol–water partition coefficient (Wildman–Crippen LogP) is 1.79. The Hall–Kier alpha value is -2.34. The van der Waals surface area contributed by atoms with Gasteiger partial charge in [-0.1, -0.05) is 30.3 Å². The van der Waals surface area contributed by atoms with Crippen LogP contribution in [-0.2, 0) is 18.4 Å². The average Bonchev–Trinajstić information content (AvgIpc) is 2.82. The molecule has 1 amide bonds. The Morgan fingerprint density at radius 2 is 2.00 bits per heavy atom. The summed E-state index contributed by atoms with van der Waals surface area (Å²) in [4.78, 5) is 14.4. The van der Waals surface area contributed by atoms with Gasteiger partial charge in [-0.15, -0.1) is 0 Å². The number of rotatable bonds is 8. The lowest BCUT2D eigenvalue weighted by atomic mass is 10.2. The Kier molecular flexibility index (Phi) is 6.37. The number of hydrogen-bond acceptors (Lipinski definition) is 4. The molecule has 6 nitrogen and oxygen atoms in total. The molecule has 130 valence electrons. The highest BCUT2D eigenvalue weighted by molar-refractivity contribution is 5.77. The summed E-state index contributed by atoms with van der Waals surface area (Å²) in [5.41, 5.74) is 8.40. The average molecular weight is 330 g/mol. The molecule has 0 fully saturated rings. The molecule has 0 radical (unpaired) electrons. The van der Waals surface area contributed by atoms with Gasteiger partial charge in [0.05, 0.1) is 5.69 Å². The van der Waals surface area contributed by atoms with Crippen LogP contribution in [0, 0.1) is 13.8 Å². The third kappa shape index (κ3) is 4.58. The minimum atomic E-state index is -0.0463. The highest BCUT2D eigenvalue weighted by Crippen LogP contribution is 2.21. The van der Waals surface area contributed by atoms with Crippen molar-refractivity contribution in [1.82, 2.24) is 14.7 Å². The van der Waals surface area contributed by atoms with Crippen molar-refractivity contribution in [2.75, 3.05) is 19.7 Å². The van der Waals surface area contributed by atoms with Crippen molar-refractivity contribution in [2.45, 2.75) is 26.8 Å². The largest absolute Gasteiger partial charge is 0.480 e. The van der Waals surface area contributed by atoms with Crippen LogP contribution in [0.2, 0.25) is 0 Å². The minimum absolute atomic E-state index is 0.00474. The van der Waals surface area contributed by atoms with E-state index in [1.807, 2.05) is 51.2 Å². The van der Waals surface area contributed by atoms with E-state index in [2.05, 4.69) is 5.10 Å². The topological polar surface area (TPSA) is 73.4 Å². The Bertz CT molecular complexity index is 667. The second-order valence-corrected chi connectivity index (χ2v) is 5.86. The molecular formula is C18H26N4O2. The molecule has 6 heteroatoms. The van der Waals surface area contributed by atoms with Crippen molar-refractivity contribution in [3.8, 4) is 5.75 Å². The summed E-state index contributed by atoms with van der Waals surface area (Å²) in [7, 11) is 1.86. The smallest absolute Gasteiger partial charge is 0.260 e. The number of benzene rings is 1. The number of ether oxygens (including phenoxy) is 1. The summed E-state index contributed by atoms with van der Waals surface area (Å²) in [5, 5.41) is 4.30. The summed E-state index contributed by atoms with van der Waals surface area (Å²) in [6.07, 6.45) is 0.767. The molecule has 1 aromatic carbocycles. The maximum atomic E-state index is 12.6. The number of nitrogens with zero attached hydrogens (tertiary/aromatic N) is 3. The molecule has 0 bridgehead atoms. The van der Waals surface area contributed by atoms with Crippen molar-refractivity contribution in [1.29, 1.82) is 0 Å². The van der Waals surface area contributed by atoms with Gasteiger partial charge in [-0.05, 0) is 32.4 Å². The summed E-state index contributed by atoms with van der Waals surface area (Å²) in [6.45, 7) is 5.55. The Morgan fingerprint density at radius 1 is 1.29 bits per heavy atom. The van der Waals surface area contributed by atoms with Gasteiger partial charge in [0.25, 0.3) is 5.91 Å². The first-order valence-electron chi connectivity index (χ1n) is 8.17. The molecule has 0 saturated heterocycles. The maximum Gasteiger partial charge on any atom is 0.260 e. The minimum Gasteiger partial charge on any atom is -0.480 e. The Labute approximate surface area is 143 Å². The second kappa shape index (κ2) is 8.49. The van der Waals surface area contributed by atoms with Crippen molar-refractivity contribution in [3.05, 3.63) is 47.3 Å². The number of amides is 1. The van der Waals surface area contributed by atoms with Gasteiger partial charge in [-0.2, -0.15) is 5.10 Å². The first-order valence-corrected chi connectivity index (χ1v) is 8.17. The molecule has 0 aliphatic carbocycles. The fourth-order valence-corrected chi connectivity index (χ4v) is 2.57. The lowest BCUT2D eigenvalue weighted by Gasteiger charge is -2.23. The lowest BCUT2D eigenvalue weighted by molar-refractivity contribution is -0.134. The molecule has 24 heavy (non-hydrogen) atoms. The third-order valence-electron chi connectivity index (χ3n) is 3.98. The molecule has 2 N–H and O–H groups in total. The Morgan fingerprint density at radius 3 is 2.58 bits per heavy atom. The third-order valence-corrected chi connectivity index (χ3v) is 3.98. The monoisotopic (exact) mass is 330 g/mol. The van der Waals surface area contributed by atoms with Crippen LogP contribution in [0.25, 0.3) is 0 Å². The van der Waals surface area contributed by atoms with Crippen LogP contribution >= 0.6 is 0 Å². The second-order valence-electron chi connectivity index (χ2n) is 5.86. The van der Waals surface area contributed by atoms with Gasteiger partial charge in [0.2, 0.25) is 0 Å². The quantitative estimate of drug-likeness (QED) is 0.801. The van der Waals surface area contributed by atoms with E-state index in [9.17, 15) is 4.79 Å². The van der Waals surface area contributed by atoms with Crippen LogP contribution in [0.1, 0.15) is 23.4 Å². The standard InChI is InChI=1S/C18H26N4O2/c1-14-18(15(2)21(3)20-14)24-13-17(23)22(11-7-10-19)12-16-8-5-4-6-9-16/h4-6,8-9H,7,10-13,19H2,1-3H3. The van der Waals surface area contributed by atoms with E-state index < -0.39 is 0 Å². The van der Waals surface area contributed by atoms with E-state index in [0.717, 1.165) is 23.4 Å². The van der Waals surface area contributed by atoms with E-state index in [4.69, 9.17) is 10.5 Å². The van der Waals surface area contributed by atoms with Crippen molar-refractivity contribution < 1.29 is 9.53 Å². The molecule has 1 heterocycles. The molecule has 0 atom stereocenters. The molecule has 1 aromatic heterocycles. The number of aromatic nitrogens is 2. The van der Waals surface area contributed by atoms with E-state index in [1.54, 1.807) is 9.58 Å². The van der Waals surface area contributed by atoms with Gasteiger partial charge in [-0.3, -0.25) is 9.48 Å². The van der Waals surface area contributed by atoms with Gasteiger partial charge >= 0.3 is 0 Å². The summed E-state index contributed by atoms with van der Waals surface area (Å²) in [6, 6.07) is 9.93. The fourth-order valence-electron chi connectivity index (χ4n) is 2.57. The first kappa shape index (κ1) is 18.0. The van der Waals surface area contributed by atoms with Crippen molar-refractivity contribution >= 4 is 5.91 Å². The van der Waals surface area contributed by atoms with Crippen molar-refractivity contribution in [2.24, 2.45) is 12.8 Å². The highest BCUT2D eigenvalue weighted by Gasteiger charge is 2.17. The highest BCUT2D eigenvalue weighted by atomic mass is 16.5. The van der Waals surface area contributed by atoms with Gasteiger partial charge in [0.15, 0.2) is 12.4 Å². The SMILES string of the molecule is Cc1nn(C)c(C)c1OCC(=O)N(CCCN)Cc1ccccc1. The zero-order valence-corrected chi connectivity index (χ0v) is 14.7. The number of carbonyl (C=O) groups is 1. The van der Waals surface area contributed by atoms with E-state index in [0.29, 0.717) is 25.4 Å². The van der Waals surface area contributed by atoms with Crippen LogP contribution in [0.5, 0.6) is 5.75 Å². The molecule has 2 aromatic rings. The molecule has 0 spiro atoms. The van der Waals surface area contributed by atoms with Crippen LogP contribution in [0.4, 0.5) is 0 Å². The zero-order chi connectivity index (χ0) is 17.5. The van der Waals surface area contributed by atoms with Crippen molar-refractivity contribution in [3.63, 3.8) is 0 Å². The lowest BCUT2D eigenvalue weighted by Crippen LogP contribution is -2.36. The van der Waals surface area contributed by atoms with Gasteiger partial charge < -0.3 is 15.4 Å². The van der Waals surface area contributed by atoms with E-state index in [1.165, 1.54) is 0 Å². The van der Waals surface area contributed by atoms with Crippen LogP contribution in [-0.4, -0.2) is 40.3 Å². The predicted molar refractivity (Wildman–Crippen MR) is 93.7 cm³/mol. The van der Waals surface area contributed by atoms with Gasteiger partial charge in [-0.25, -0.2) is 0 Å². The van der Waals surface area contributed by atoms with Gasteiger partial charge in [0, 0.05) is 20.1 Å². The number of carbonyl (C=O) groups excluding carboxylic acids is 1. The number of aryl methyl sites for hydroxylation is 2. The molecule has 2 rings (SSSR count).